The number of fused-ring (bicyclic) bond motifs is 1. The van der Waals surface area contributed by atoms with Crippen molar-refractivity contribution in [3.05, 3.63) is 79.6 Å². The number of hydrogen-bond donors (Lipinski definition) is 2. The van der Waals surface area contributed by atoms with Gasteiger partial charge in [0.2, 0.25) is 5.43 Å². The number of benzene rings is 2. The molecule has 1 aromatic heterocycles. The van der Waals surface area contributed by atoms with E-state index in [1.54, 1.807) is 29.2 Å². The SMILES string of the molecule is Cc1cc([C@@H](C)Nc2ccccc2C(=O)O)c2oc(C3=CCN(C(=O)OC(C)(C)C)CC3)c(Br)c(=O)c2c1. The first kappa shape index (κ1) is 27.4. The van der Waals surface area contributed by atoms with Crippen LogP contribution in [0.15, 0.2) is 56.2 Å². The van der Waals surface area contributed by atoms with Gasteiger partial charge in [-0.3, -0.25) is 4.79 Å². The number of carboxylic acid groups (broad SMARTS) is 1. The van der Waals surface area contributed by atoms with E-state index in [0.717, 1.165) is 16.7 Å². The van der Waals surface area contributed by atoms with Crippen molar-refractivity contribution in [3.8, 4) is 0 Å². The van der Waals surface area contributed by atoms with Crippen LogP contribution in [0.4, 0.5) is 10.5 Å². The summed E-state index contributed by atoms with van der Waals surface area (Å²) in [4.78, 5) is 39.2. The molecular formula is C29H31BrN2O6. The molecule has 1 aliphatic heterocycles. The summed E-state index contributed by atoms with van der Waals surface area (Å²) in [6, 6.07) is 10.0. The standard InChI is InChI=1S/C29H31BrN2O6/c1-16-14-20(17(2)31-22-9-7-6-8-19(22)27(34)35)26-21(15-16)24(33)23(30)25(37-26)18-10-12-32(13-11-18)28(36)38-29(3,4)5/h6-10,14-15,17,31H,11-13H2,1-5H3,(H,34,35)/t17-/m1/s1. The van der Waals surface area contributed by atoms with E-state index in [1.807, 2.05) is 46.8 Å². The van der Waals surface area contributed by atoms with Gasteiger partial charge in [0, 0.05) is 24.3 Å². The second kappa shape index (κ2) is 10.6. The molecule has 1 amide bonds. The predicted octanol–water partition coefficient (Wildman–Crippen LogP) is 6.76. The number of anilines is 1. The summed E-state index contributed by atoms with van der Waals surface area (Å²) in [5, 5.41) is 13.3. The summed E-state index contributed by atoms with van der Waals surface area (Å²) in [5.41, 5.74) is 2.71. The van der Waals surface area contributed by atoms with Gasteiger partial charge in [-0.2, -0.15) is 0 Å². The van der Waals surface area contributed by atoms with Crippen LogP contribution in [0.5, 0.6) is 0 Å². The van der Waals surface area contributed by atoms with E-state index in [4.69, 9.17) is 9.15 Å². The smallest absolute Gasteiger partial charge is 0.410 e. The normalized spacial score (nSPS) is 14.7. The fourth-order valence-corrected chi connectivity index (χ4v) is 5.00. The Morgan fingerprint density at radius 1 is 1.21 bits per heavy atom. The Labute approximate surface area is 229 Å². The van der Waals surface area contributed by atoms with Gasteiger partial charge in [-0.15, -0.1) is 0 Å². The maximum Gasteiger partial charge on any atom is 0.410 e. The Hall–Kier alpha value is -3.59. The van der Waals surface area contributed by atoms with Gasteiger partial charge in [0.15, 0.2) is 0 Å². The van der Waals surface area contributed by atoms with Crippen molar-refractivity contribution in [1.82, 2.24) is 4.90 Å². The number of nitrogens with one attached hydrogen (secondary N) is 1. The number of carbonyl (C=O) groups is 2. The zero-order valence-electron chi connectivity index (χ0n) is 22.1. The minimum atomic E-state index is -1.03. The van der Waals surface area contributed by atoms with E-state index in [2.05, 4.69) is 21.2 Å². The molecular weight excluding hydrogens is 552 g/mol. The molecule has 4 rings (SSSR count). The molecule has 38 heavy (non-hydrogen) atoms. The fourth-order valence-electron chi connectivity index (χ4n) is 4.45. The zero-order valence-corrected chi connectivity index (χ0v) is 23.6. The zero-order chi connectivity index (χ0) is 27.8. The second-order valence-corrected chi connectivity index (χ2v) is 11.2. The molecule has 0 saturated heterocycles. The number of aryl methyl sites for hydroxylation is 1. The lowest BCUT2D eigenvalue weighted by molar-refractivity contribution is 0.0270. The van der Waals surface area contributed by atoms with Crippen molar-refractivity contribution in [2.45, 2.75) is 52.7 Å². The summed E-state index contributed by atoms with van der Waals surface area (Å²) < 4.78 is 12.2. The number of rotatable bonds is 5. The summed E-state index contributed by atoms with van der Waals surface area (Å²) >= 11 is 3.45. The fraction of sp³-hybridized carbons (Fsp3) is 0.345. The second-order valence-electron chi connectivity index (χ2n) is 10.4. The monoisotopic (exact) mass is 582 g/mol. The van der Waals surface area contributed by atoms with Crippen LogP contribution in [0.2, 0.25) is 0 Å². The molecule has 0 fully saturated rings. The van der Waals surface area contributed by atoms with Gasteiger partial charge in [-0.1, -0.05) is 24.3 Å². The van der Waals surface area contributed by atoms with E-state index in [9.17, 15) is 19.5 Å². The molecule has 3 aromatic rings. The number of nitrogens with zero attached hydrogens (tertiary/aromatic N) is 1. The Bertz CT molecular complexity index is 1500. The number of carboxylic acids is 1. The summed E-state index contributed by atoms with van der Waals surface area (Å²) in [5.74, 6) is -0.605. The Morgan fingerprint density at radius 3 is 2.55 bits per heavy atom. The van der Waals surface area contributed by atoms with Gasteiger partial charge in [-0.05, 0) is 86.3 Å². The van der Waals surface area contributed by atoms with Crippen molar-refractivity contribution in [2.24, 2.45) is 0 Å². The van der Waals surface area contributed by atoms with Crippen molar-refractivity contribution in [1.29, 1.82) is 0 Å². The third-order valence-corrected chi connectivity index (χ3v) is 6.98. The minimum Gasteiger partial charge on any atom is -0.478 e. The topological polar surface area (TPSA) is 109 Å². The first-order valence-corrected chi connectivity index (χ1v) is 13.2. The Morgan fingerprint density at radius 2 is 1.92 bits per heavy atom. The van der Waals surface area contributed by atoms with E-state index in [1.165, 1.54) is 6.07 Å². The largest absolute Gasteiger partial charge is 0.478 e. The Balaban J connectivity index is 1.72. The van der Waals surface area contributed by atoms with Crippen molar-refractivity contribution >= 4 is 50.2 Å². The molecule has 0 bridgehead atoms. The number of ether oxygens (including phenoxy) is 1. The van der Waals surface area contributed by atoms with E-state index in [-0.39, 0.29) is 23.1 Å². The lowest BCUT2D eigenvalue weighted by atomic mass is 9.99. The number of halogens is 1. The number of carbonyl (C=O) groups excluding carboxylic acids is 1. The maximum atomic E-state index is 13.4. The summed E-state index contributed by atoms with van der Waals surface area (Å²) in [6.07, 6.45) is 1.99. The highest BCUT2D eigenvalue weighted by molar-refractivity contribution is 9.10. The molecule has 0 saturated carbocycles. The summed E-state index contributed by atoms with van der Waals surface area (Å²) in [6.45, 7) is 10.0. The van der Waals surface area contributed by atoms with Crippen LogP contribution < -0.4 is 10.7 Å². The number of hydrogen-bond acceptors (Lipinski definition) is 6. The number of para-hydroxylation sites is 1. The van der Waals surface area contributed by atoms with Gasteiger partial charge in [0.1, 0.15) is 21.4 Å². The minimum absolute atomic E-state index is 0.156. The number of amides is 1. The van der Waals surface area contributed by atoms with Crippen LogP contribution in [0.1, 0.15) is 67.4 Å². The van der Waals surface area contributed by atoms with Gasteiger partial charge in [-0.25, -0.2) is 9.59 Å². The van der Waals surface area contributed by atoms with E-state index >= 15 is 0 Å². The predicted molar refractivity (Wildman–Crippen MR) is 151 cm³/mol. The van der Waals surface area contributed by atoms with Crippen LogP contribution in [0.3, 0.4) is 0 Å². The van der Waals surface area contributed by atoms with Gasteiger partial charge in [0.25, 0.3) is 0 Å². The van der Waals surface area contributed by atoms with E-state index < -0.39 is 11.6 Å². The summed E-state index contributed by atoms with van der Waals surface area (Å²) in [7, 11) is 0. The molecule has 1 aliphatic rings. The third kappa shape index (κ3) is 5.78. The van der Waals surface area contributed by atoms with Gasteiger partial charge in [0.05, 0.1) is 17.0 Å². The van der Waals surface area contributed by atoms with Crippen molar-refractivity contribution in [3.63, 3.8) is 0 Å². The highest BCUT2D eigenvalue weighted by Gasteiger charge is 2.27. The first-order chi connectivity index (χ1) is 17.9. The van der Waals surface area contributed by atoms with Gasteiger partial charge >= 0.3 is 12.1 Å². The quantitative estimate of drug-likeness (QED) is 0.342. The average Bonchev–Trinajstić information content (AvgIpc) is 2.85. The average molecular weight is 583 g/mol. The van der Waals surface area contributed by atoms with Gasteiger partial charge < -0.3 is 24.5 Å². The molecule has 200 valence electrons. The third-order valence-electron chi connectivity index (χ3n) is 6.26. The van der Waals surface area contributed by atoms with Crippen LogP contribution in [-0.4, -0.2) is 40.8 Å². The molecule has 9 heteroatoms. The highest BCUT2D eigenvalue weighted by Crippen LogP contribution is 2.34. The molecule has 0 radical (unpaired) electrons. The lowest BCUT2D eigenvalue weighted by Crippen LogP contribution is -2.39. The molecule has 2 aromatic carbocycles. The molecule has 0 spiro atoms. The Kier molecular flexibility index (Phi) is 7.69. The van der Waals surface area contributed by atoms with Crippen LogP contribution in [0.25, 0.3) is 16.5 Å². The van der Waals surface area contributed by atoms with Crippen molar-refractivity contribution in [2.75, 3.05) is 18.4 Å². The first-order valence-electron chi connectivity index (χ1n) is 12.4. The van der Waals surface area contributed by atoms with E-state index in [0.29, 0.717) is 46.4 Å². The van der Waals surface area contributed by atoms with Crippen LogP contribution in [0, 0.1) is 6.92 Å². The van der Waals surface area contributed by atoms with Crippen LogP contribution >= 0.6 is 15.9 Å². The van der Waals surface area contributed by atoms with Crippen molar-refractivity contribution < 1.29 is 23.8 Å². The van der Waals surface area contributed by atoms with Crippen LogP contribution in [-0.2, 0) is 4.74 Å². The molecule has 0 unspecified atom stereocenters. The maximum absolute atomic E-state index is 13.4. The molecule has 2 N–H and O–H groups in total. The highest BCUT2D eigenvalue weighted by atomic mass is 79.9. The lowest BCUT2D eigenvalue weighted by Gasteiger charge is -2.29. The number of aromatic carboxylic acids is 1. The molecule has 8 nitrogen and oxygen atoms in total. The molecule has 2 heterocycles. The molecule has 1 atom stereocenters. The molecule has 0 aliphatic carbocycles.